The van der Waals surface area contributed by atoms with E-state index in [2.05, 4.69) is 5.32 Å². The first-order chi connectivity index (χ1) is 11.5. The summed E-state index contributed by atoms with van der Waals surface area (Å²) in [5.41, 5.74) is 2.19. The van der Waals surface area contributed by atoms with Crippen LogP contribution in [0.25, 0.3) is 0 Å². The fourth-order valence-electron chi connectivity index (χ4n) is 2.65. The van der Waals surface area contributed by atoms with Crippen molar-refractivity contribution in [2.45, 2.75) is 19.4 Å². The lowest BCUT2D eigenvalue weighted by Crippen LogP contribution is -2.34. The number of hydrogen-bond donors (Lipinski definition) is 2. The first-order valence-corrected chi connectivity index (χ1v) is 7.49. The number of rotatable bonds is 4. The number of aromatic carboxylic acids is 1. The van der Waals surface area contributed by atoms with Crippen LogP contribution < -0.4 is 10.2 Å². The fraction of sp³-hybridized carbons (Fsp3) is 0.167. The lowest BCUT2D eigenvalue weighted by molar-refractivity contribution is -0.121. The number of hydrogen-bond acceptors (Lipinski definition) is 4. The van der Waals surface area contributed by atoms with Gasteiger partial charge in [0.15, 0.2) is 0 Å². The number of carboxylic acids is 1. The van der Waals surface area contributed by atoms with Crippen molar-refractivity contribution in [1.29, 1.82) is 0 Å². The van der Waals surface area contributed by atoms with Crippen LogP contribution >= 0.6 is 0 Å². The lowest BCUT2D eigenvalue weighted by atomic mass is 10.1. The first kappa shape index (κ1) is 15.7. The van der Waals surface area contributed by atoms with Gasteiger partial charge < -0.3 is 10.4 Å². The molecule has 2 aromatic carbocycles. The van der Waals surface area contributed by atoms with E-state index in [4.69, 9.17) is 5.11 Å². The second-order valence-corrected chi connectivity index (χ2v) is 5.69. The van der Waals surface area contributed by atoms with Crippen LogP contribution in [-0.2, 0) is 9.59 Å². The molecule has 2 aromatic rings. The molecule has 1 aliphatic rings. The van der Waals surface area contributed by atoms with E-state index in [-0.39, 0.29) is 23.8 Å². The highest BCUT2D eigenvalue weighted by Gasteiger charge is 2.39. The van der Waals surface area contributed by atoms with Crippen molar-refractivity contribution in [3.8, 4) is 0 Å². The molecule has 0 saturated carbocycles. The average molecular weight is 324 g/mol. The highest BCUT2D eigenvalue weighted by molar-refractivity contribution is 6.23. The normalized spacial score (nSPS) is 17.2. The number of nitrogens with zero attached hydrogens (tertiary/aromatic N) is 1. The van der Waals surface area contributed by atoms with Gasteiger partial charge in [0.1, 0.15) is 6.04 Å². The second kappa shape index (κ2) is 6.16. The zero-order valence-corrected chi connectivity index (χ0v) is 13.0. The summed E-state index contributed by atoms with van der Waals surface area (Å²) in [6.07, 6.45) is 0.0318. The van der Waals surface area contributed by atoms with Crippen LogP contribution in [0.4, 0.5) is 11.4 Å². The Morgan fingerprint density at radius 1 is 1.17 bits per heavy atom. The Morgan fingerprint density at radius 3 is 2.54 bits per heavy atom. The van der Waals surface area contributed by atoms with E-state index in [0.717, 1.165) is 10.5 Å². The summed E-state index contributed by atoms with van der Waals surface area (Å²) >= 11 is 0. The number of benzene rings is 2. The Hall–Kier alpha value is -3.15. The summed E-state index contributed by atoms with van der Waals surface area (Å²) in [5.74, 6) is -1.67. The van der Waals surface area contributed by atoms with Crippen molar-refractivity contribution in [3.63, 3.8) is 0 Å². The van der Waals surface area contributed by atoms with Crippen molar-refractivity contribution >= 4 is 29.2 Å². The molecule has 0 radical (unpaired) electrons. The number of carboxylic acid groups (broad SMARTS) is 1. The largest absolute Gasteiger partial charge is 0.478 e. The number of aryl methyl sites for hydroxylation is 1. The van der Waals surface area contributed by atoms with Gasteiger partial charge in [-0.25, -0.2) is 9.69 Å². The van der Waals surface area contributed by atoms with Crippen molar-refractivity contribution in [3.05, 3.63) is 59.7 Å². The Morgan fingerprint density at radius 2 is 1.88 bits per heavy atom. The van der Waals surface area contributed by atoms with Crippen LogP contribution in [-0.4, -0.2) is 28.9 Å². The summed E-state index contributed by atoms with van der Waals surface area (Å²) in [4.78, 5) is 36.9. The van der Waals surface area contributed by atoms with Crippen molar-refractivity contribution in [2.75, 3.05) is 10.2 Å². The highest BCUT2D eigenvalue weighted by atomic mass is 16.4. The van der Waals surface area contributed by atoms with Gasteiger partial charge in [0, 0.05) is 5.69 Å². The summed E-state index contributed by atoms with van der Waals surface area (Å²) < 4.78 is 0. The van der Waals surface area contributed by atoms with Gasteiger partial charge in [-0.05, 0) is 37.3 Å². The van der Waals surface area contributed by atoms with Gasteiger partial charge in [-0.3, -0.25) is 9.59 Å². The molecule has 6 nitrogen and oxygen atoms in total. The predicted molar refractivity (Wildman–Crippen MR) is 89.1 cm³/mol. The fourth-order valence-corrected chi connectivity index (χ4v) is 2.65. The molecule has 24 heavy (non-hydrogen) atoms. The Bertz CT molecular complexity index is 814. The monoisotopic (exact) mass is 324 g/mol. The number of anilines is 2. The van der Waals surface area contributed by atoms with Crippen molar-refractivity contribution in [1.82, 2.24) is 0 Å². The number of carbonyl (C=O) groups is 3. The molecule has 0 unspecified atom stereocenters. The number of amides is 2. The number of carbonyl (C=O) groups excluding carboxylic acids is 2. The van der Waals surface area contributed by atoms with E-state index in [0.29, 0.717) is 11.4 Å². The van der Waals surface area contributed by atoms with Gasteiger partial charge in [-0.2, -0.15) is 0 Å². The summed E-state index contributed by atoms with van der Waals surface area (Å²) in [5, 5.41) is 12.0. The van der Waals surface area contributed by atoms with Gasteiger partial charge in [0.05, 0.1) is 17.7 Å². The molecule has 0 aliphatic carbocycles. The smallest absolute Gasteiger partial charge is 0.335 e. The summed E-state index contributed by atoms with van der Waals surface area (Å²) in [7, 11) is 0. The molecule has 2 N–H and O–H groups in total. The van der Waals surface area contributed by atoms with Crippen LogP contribution in [0.3, 0.4) is 0 Å². The third-order valence-corrected chi connectivity index (χ3v) is 3.89. The topological polar surface area (TPSA) is 86.7 Å². The maximum atomic E-state index is 12.6. The maximum absolute atomic E-state index is 12.6. The molecule has 1 atom stereocenters. The zero-order chi connectivity index (χ0) is 17.3. The minimum Gasteiger partial charge on any atom is -0.478 e. The van der Waals surface area contributed by atoms with Crippen LogP contribution in [0.2, 0.25) is 0 Å². The SMILES string of the molecule is Cc1ccc(N2C(=O)C[C@H](Nc3cccc(C(=O)O)c3)C2=O)cc1. The van der Waals surface area contributed by atoms with E-state index in [1.165, 1.54) is 12.1 Å². The number of nitrogens with one attached hydrogen (secondary N) is 1. The number of imide groups is 1. The minimum atomic E-state index is -1.05. The summed E-state index contributed by atoms with van der Waals surface area (Å²) in [6.45, 7) is 1.93. The Balaban J connectivity index is 1.80. The molecular weight excluding hydrogens is 308 g/mol. The van der Waals surface area contributed by atoms with Crippen molar-refractivity contribution in [2.24, 2.45) is 0 Å². The highest BCUT2D eigenvalue weighted by Crippen LogP contribution is 2.25. The quantitative estimate of drug-likeness (QED) is 0.844. The van der Waals surface area contributed by atoms with Gasteiger partial charge in [0.2, 0.25) is 5.91 Å². The molecule has 1 aliphatic heterocycles. The van der Waals surface area contributed by atoms with Gasteiger partial charge >= 0.3 is 5.97 Å². The minimum absolute atomic E-state index is 0.0318. The van der Waals surface area contributed by atoms with E-state index in [9.17, 15) is 14.4 Å². The molecule has 0 spiro atoms. The van der Waals surface area contributed by atoms with Gasteiger partial charge in [0.25, 0.3) is 5.91 Å². The van der Waals surface area contributed by atoms with E-state index in [1.807, 2.05) is 19.1 Å². The molecule has 2 amide bonds. The molecule has 0 aromatic heterocycles. The predicted octanol–water partition coefficient (Wildman–Crippen LogP) is 2.44. The molecule has 3 rings (SSSR count). The molecule has 122 valence electrons. The third-order valence-electron chi connectivity index (χ3n) is 3.89. The molecule has 0 bridgehead atoms. The van der Waals surface area contributed by atoms with Crippen LogP contribution in [0.1, 0.15) is 22.3 Å². The average Bonchev–Trinajstić information content (AvgIpc) is 2.83. The lowest BCUT2D eigenvalue weighted by Gasteiger charge is -2.16. The molecule has 1 fully saturated rings. The van der Waals surface area contributed by atoms with Crippen LogP contribution in [0.5, 0.6) is 0 Å². The zero-order valence-electron chi connectivity index (χ0n) is 13.0. The van der Waals surface area contributed by atoms with Crippen LogP contribution in [0, 0.1) is 6.92 Å². The van der Waals surface area contributed by atoms with E-state index in [1.54, 1.807) is 24.3 Å². The molecule has 1 heterocycles. The van der Waals surface area contributed by atoms with Gasteiger partial charge in [-0.1, -0.05) is 23.8 Å². The molecule has 1 saturated heterocycles. The first-order valence-electron chi connectivity index (χ1n) is 7.49. The second-order valence-electron chi connectivity index (χ2n) is 5.69. The molecular formula is C18H16N2O4. The van der Waals surface area contributed by atoms with Crippen molar-refractivity contribution < 1.29 is 19.5 Å². The maximum Gasteiger partial charge on any atom is 0.335 e. The van der Waals surface area contributed by atoms with E-state index < -0.39 is 12.0 Å². The van der Waals surface area contributed by atoms with Gasteiger partial charge in [-0.15, -0.1) is 0 Å². The van der Waals surface area contributed by atoms with Crippen LogP contribution in [0.15, 0.2) is 48.5 Å². The van der Waals surface area contributed by atoms with E-state index >= 15 is 0 Å². The standard InChI is InChI=1S/C18H16N2O4/c1-11-5-7-14(8-6-11)20-16(21)10-15(17(20)22)19-13-4-2-3-12(9-13)18(23)24/h2-9,15,19H,10H2,1H3,(H,23,24)/t15-/m0/s1. The Kier molecular flexibility index (Phi) is 4.04. The third kappa shape index (κ3) is 2.99. The molecule has 6 heteroatoms. The summed E-state index contributed by atoms with van der Waals surface area (Å²) in [6, 6.07) is 12.6. The Labute approximate surface area is 138 Å².